The van der Waals surface area contributed by atoms with Crippen molar-refractivity contribution in [3.63, 3.8) is 0 Å². The maximum Gasteiger partial charge on any atom is 0.124 e. The van der Waals surface area contributed by atoms with E-state index < -0.39 is 0 Å². The molecule has 1 saturated heterocycles. The summed E-state index contributed by atoms with van der Waals surface area (Å²) in [6, 6.07) is 4.48. The molecule has 1 heterocycles. The van der Waals surface area contributed by atoms with Crippen molar-refractivity contribution in [2.75, 3.05) is 26.2 Å². The van der Waals surface area contributed by atoms with Crippen molar-refractivity contribution in [1.82, 2.24) is 4.90 Å². The van der Waals surface area contributed by atoms with E-state index in [0.29, 0.717) is 18.2 Å². The van der Waals surface area contributed by atoms with Crippen molar-refractivity contribution < 1.29 is 9.13 Å². The fourth-order valence-corrected chi connectivity index (χ4v) is 2.86. The molecule has 1 aromatic rings. The molecular weight excluding hydrogens is 267 g/mol. The predicted octanol–water partition coefficient (Wildman–Crippen LogP) is 2.59. The van der Waals surface area contributed by atoms with Crippen molar-refractivity contribution in [3.05, 3.63) is 34.6 Å². The molecule has 1 aliphatic rings. The summed E-state index contributed by atoms with van der Waals surface area (Å²) in [5.41, 5.74) is 6.58. The molecular formula is C14H20ClFN2O. The predicted molar refractivity (Wildman–Crippen MR) is 74.8 cm³/mol. The Kier molecular flexibility index (Phi) is 4.46. The fourth-order valence-electron chi connectivity index (χ4n) is 2.56. The lowest BCUT2D eigenvalue weighted by Crippen LogP contribution is -2.50. The highest BCUT2D eigenvalue weighted by Gasteiger charge is 2.32. The highest BCUT2D eigenvalue weighted by molar-refractivity contribution is 6.31. The summed E-state index contributed by atoms with van der Waals surface area (Å²) in [4.78, 5) is 2.25. The van der Waals surface area contributed by atoms with Gasteiger partial charge in [0.2, 0.25) is 0 Å². The highest BCUT2D eigenvalue weighted by atomic mass is 35.5. The van der Waals surface area contributed by atoms with Crippen LogP contribution in [0, 0.1) is 5.82 Å². The first-order chi connectivity index (χ1) is 8.93. The Hall–Kier alpha value is -0.680. The number of ether oxygens (including phenoxy) is 1. The van der Waals surface area contributed by atoms with E-state index in [4.69, 9.17) is 22.1 Å². The normalized spacial score (nSPS) is 21.3. The third kappa shape index (κ3) is 3.45. The van der Waals surface area contributed by atoms with Gasteiger partial charge in [-0.2, -0.15) is 0 Å². The lowest BCUT2D eigenvalue weighted by Gasteiger charge is -2.42. The van der Waals surface area contributed by atoms with Gasteiger partial charge in [-0.15, -0.1) is 0 Å². The second kappa shape index (κ2) is 5.75. The van der Waals surface area contributed by atoms with Crippen LogP contribution in [-0.2, 0) is 4.74 Å². The molecule has 1 unspecified atom stereocenters. The molecule has 0 amide bonds. The van der Waals surface area contributed by atoms with Crippen LogP contribution < -0.4 is 5.73 Å². The van der Waals surface area contributed by atoms with Crippen molar-refractivity contribution in [1.29, 1.82) is 0 Å². The van der Waals surface area contributed by atoms with Crippen LogP contribution in [0.3, 0.4) is 0 Å². The number of morpholine rings is 1. The van der Waals surface area contributed by atoms with Gasteiger partial charge in [-0.1, -0.05) is 17.7 Å². The van der Waals surface area contributed by atoms with Crippen LogP contribution in [0.15, 0.2) is 18.2 Å². The highest BCUT2D eigenvalue weighted by Crippen LogP contribution is 2.30. The van der Waals surface area contributed by atoms with Crippen LogP contribution in [0.25, 0.3) is 0 Å². The smallest absolute Gasteiger partial charge is 0.124 e. The number of halogens is 2. The zero-order valence-electron chi connectivity index (χ0n) is 11.3. The fraction of sp³-hybridized carbons (Fsp3) is 0.571. The maximum atomic E-state index is 13.1. The Balaban J connectivity index is 2.24. The number of hydrogen-bond acceptors (Lipinski definition) is 3. The van der Waals surface area contributed by atoms with E-state index in [2.05, 4.69) is 18.7 Å². The van der Waals surface area contributed by atoms with Gasteiger partial charge in [0.25, 0.3) is 0 Å². The molecule has 2 rings (SSSR count). The van der Waals surface area contributed by atoms with Gasteiger partial charge in [-0.05, 0) is 31.5 Å². The summed E-state index contributed by atoms with van der Waals surface area (Å²) >= 11 is 6.14. The third-order valence-electron chi connectivity index (χ3n) is 3.44. The molecule has 0 saturated carbocycles. The SMILES string of the molecule is CC1(C)CN(C(CN)c2ccc(F)cc2Cl)CCO1. The van der Waals surface area contributed by atoms with E-state index in [1.165, 1.54) is 12.1 Å². The van der Waals surface area contributed by atoms with E-state index in [1.54, 1.807) is 6.07 Å². The minimum atomic E-state index is -0.327. The molecule has 0 aromatic heterocycles. The summed E-state index contributed by atoms with van der Waals surface area (Å²) in [6.45, 7) is 6.81. The first-order valence-corrected chi connectivity index (χ1v) is 6.84. The van der Waals surface area contributed by atoms with E-state index in [-0.39, 0.29) is 17.5 Å². The molecule has 0 aliphatic carbocycles. The number of nitrogens with zero attached hydrogens (tertiary/aromatic N) is 1. The lowest BCUT2D eigenvalue weighted by molar-refractivity contribution is -0.0967. The molecule has 3 nitrogen and oxygen atoms in total. The van der Waals surface area contributed by atoms with E-state index >= 15 is 0 Å². The number of nitrogens with two attached hydrogens (primary N) is 1. The second-order valence-corrected chi connectivity index (χ2v) is 5.90. The minimum Gasteiger partial charge on any atom is -0.373 e. The molecule has 0 radical (unpaired) electrons. The van der Waals surface area contributed by atoms with E-state index in [9.17, 15) is 4.39 Å². The number of hydrogen-bond donors (Lipinski definition) is 1. The quantitative estimate of drug-likeness (QED) is 0.928. The van der Waals surface area contributed by atoms with Crippen LogP contribution in [0.2, 0.25) is 5.02 Å². The van der Waals surface area contributed by atoms with Crippen LogP contribution in [0.5, 0.6) is 0 Å². The summed E-state index contributed by atoms with van der Waals surface area (Å²) in [7, 11) is 0. The summed E-state index contributed by atoms with van der Waals surface area (Å²) in [5, 5.41) is 0.430. The van der Waals surface area contributed by atoms with Crippen molar-refractivity contribution in [2.24, 2.45) is 5.73 Å². The molecule has 5 heteroatoms. The molecule has 1 aliphatic heterocycles. The summed E-state index contributed by atoms with van der Waals surface area (Å²) < 4.78 is 18.8. The molecule has 0 bridgehead atoms. The van der Waals surface area contributed by atoms with Crippen LogP contribution >= 0.6 is 11.6 Å². The maximum absolute atomic E-state index is 13.1. The monoisotopic (exact) mass is 286 g/mol. The molecule has 1 atom stereocenters. The van der Waals surface area contributed by atoms with Crippen LogP contribution in [-0.4, -0.2) is 36.7 Å². The van der Waals surface area contributed by atoms with Crippen molar-refractivity contribution in [3.8, 4) is 0 Å². The molecule has 0 spiro atoms. The van der Waals surface area contributed by atoms with Gasteiger partial charge in [0.15, 0.2) is 0 Å². The van der Waals surface area contributed by atoms with Crippen LogP contribution in [0.4, 0.5) is 4.39 Å². The molecule has 19 heavy (non-hydrogen) atoms. The van der Waals surface area contributed by atoms with Gasteiger partial charge in [0.1, 0.15) is 5.82 Å². The van der Waals surface area contributed by atoms with Gasteiger partial charge in [0, 0.05) is 30.7 Å². The van der Waals surface area contributed by atoms with Gasteiger partial charge < -0.3 is 10.5 Å². The van der Waals surface area contributed by atoms with Crippen molar-refractivity contribution in [2.45, 2.75) is 25.5 Å². The minimum absolute atomic E-state index is 0.00345. The Morgan fingerprint density at radius 2 is 2.26 bits per heavy atom. The van der Waals surface area contributed by atoms with Gasteiger partial charge in [-0.3, -0.25) is 4.90 Å². The summed E-state index contributed by atoms with van der Waals surface area (Å²) in [5.74, 6) is -0.327. The van der Waals surface area contributed by atoms with E-state index in [1.807, 2.05) is 0 Å². The van der Waals surface area contributed by atoms with Gasteiger partial charge >= 0.3 is 0 Å². The number of benzene rings is 1. The second-order valence-electron chi connectivity index (χ2n) is 5.50. The van der Waals surface area contributed by atoms with Gasteiger partial charge in [-0.25, -0.2) is 4.39 Å². The lowest BCUT2D eigenvalue weighted by atomic mass is 10.0. The molecule has 1 aromatic carbocycles. The largest absolute Gasteiger partial charge is 0.373 e. The number of rotatable bonds is 3. The zero-order chi connectivity index (χ0) is 14.0. The van der Waals surface area contributed by atoms with Crippen molar-refractivity contribution >= 4 is 11.6 Å². The molecule has 106 valence electrons. The standard InChI is InChI=1S/C14H20ClFN2O/c1-14(2)9-18(5-6-19-14)13(8-17)11-4-3-10(16)7-12(11)15/h3-4,7,13H,5-6,8-9,17H2,1-2H3. The summed E-state index contributed by atoms with van der Waals surface area (Å²) in [6.07, 6.45) is 0. The Bertz CT molecular complexity index is 453. The Labute approximate surface area is 118 Å². The first-order valence-electron chi connectivity index (χ1n) is 6.46. The molecule has 1 fully saturated rings. The Morgan fingerprint density at radius 3 is 2.84 bits per heavy atom. The third-order valence-corrected chi connectivity index (χ3v) is 3.77. The zero-order valence-corrected chi connectivity index (χ0v) is 12.1. The average molecular weight is 287 g/mol. The Morgan fingerprint density at radius 1 is 1.53 bits per heavy atom. The van der Waals surface area contributed by atoms with Gasteiger partial charge in [0.05, 0.1) is 12.2 Å². The average Bonchev–Trinajstić information content (AvgIpc) is 2.31. The molecule has 2 N–H and O–H groups in total. The van der Waals surface area contributed by atoms with Crippen LogP contribution in [0.1, 0.15) is 25.5 Å². The van der Waals surface area contributed by atoms with E-state index in [0.717, 1.165) is 18.7 Å². The first kappa shape index (κ1) is 14.7. The topological polar surface area (TPSA) is 38.5 Å².